The summed E-state index contributed by atoms with van der Waals surface area (Å²) in [5.74, 6) is 0.258. The van der Waals surface area contributed by atoms with Gasteiger partial charge in [-0.1, -0.05) is 20.8 Å². The van der Waals surface area contributed by atoms with E-state index in [4.69, 9.17) is 0 Å². The quantitative estimate of drug-likeness (QED) is 0.798. The van der Waals surface area contributed by atoms with E-state index in [1.807, 2.05) is 11.8 Å². The van der Waals surface area contributed by atoms with E-state index in [1.54, 1.807) is 0 Å². The maximum Gasteiger partial charge on any atom is 0.239 e. The van der Waals surface area contributed by atoms with E-state index in [0.29, 0.717) is 6.04 Å². The topological polar surface area (TPSA) is 32.3 Å². The van der Waals surface area contributed by atoms with Crippen molar-refractivity contribution in [2.75, 3.05) is 13.1 Å². The molecule has 1 saturated heterocycles. The normalized spacial score (nSPS) is 20.9. The maximum atomic E-state index is 12.1. The third-order valence-electron chi connectivity index (χ3n) is 3.59. The minimum Gasteiger partial charge on any atom is -0.341 e. The standard InChI is InChI=1S/C13H26N2O/c1-10(14-11(2)13(3,4)5)12(16)15-8-6-7-9-15/h10-11,14H,6-9H2,1-5H3. The Morgan fingerprint density at radius 1 is 1.19 bits per heavy atom. The zero-order chi connectivity index (χ0) is 12.3. The van der Waals surface area contributed by atoms with Crippen molar-refractivity contribution in [2.24, 2.45) is 5.41 Å². The average Bonchev–Trinajstić information content (AvgIpc) is 2.67. The van der Waals surface area contributed by atoms with E-state index in [0.717, 1.165) is 25.9 Å². The smallest absolute Gasteiger partial charge is 0.239 e. The van der Waals surface area contributed by atoms with Crippen LogP contribution in [-0.2, 0) is 4.79 Å². The largest absolute Gasteiger partial charge is 0.341 e. The first-order chi connectivity index (χ1) is 7.32. The van der Waals surface area contributed by atoms with Gasteiger partial charge < -0.3 is 10.2 Å². The van der Waals surface area contributed by atoms with Gasteiger partial charge in [-0.25, -0.2) is 0 Å². The SMILES string of the molecule is CC(NC(C)C(C)(C)C)C(=O)N1CCCC1. The minimum absolute atomic E-state index is 0.0627. The van der Waals surface area contributed by atoms with Gasteiger partial charge in [0.25, 0.3) is 0 Å². The summed E-state index contributed by atoms with van der Waals surface area (Å²) in [6.45, 7) is 12.6. The van der Waals surface area contributed by atoms with Crippen molar-refractivity contribution in [3.8, 4) is 0 Å². The zero-order valence-electron chi connectivity index (χ0n) is 11.3. The molecule has 1 fully saturated rings. The fraction of sp³-hybridized carbons (Fsp3) is 0.923. The molecular weight excluding hydrogens is 200 g/mol. The Hall–Kier alpha value is -0.570. The van der Waals surface area contributed by atoms with Crippen molar-refractivity contribution < 1.29 is 4.79 Å². The fourth-order valence-corrected chi connectivity index (χ4v) is 1.91. The first-order valence-corrected chi connectivity index (χ1v) is 6.37. The van der Waals surface area contributed by atoms with Crippen LogP contribution < -0.4 is 5.32 Å². The summed E-state index contributed by atoms with van der Waals surface area (Å²) in [4.78, 5) is 14.1. The molecule has 1 aliphatic rings. The molecule has 16 heavy (non-hydrogen) atoms. The molecule has 1 rings (SSSR count). The molecule has 3 nitrogen and oxygen atoms in total. The average molecular weight is 226 g/mol. The number of nitrogens with one attached hydrogen (secondary N) is 1. The summed E-state index contributed by atoms with van der Waals surface area (Å²) in [5, 5.41) is 3.41. The van der Waals surface area contributed by atoms with Crippen molar-refractivity contribution in [3.05, 3.63) is 0 Å². The highest BCUT2D eigenvalue weighted by molar-refractivity contribution is 5.81. The zero-order valence-corrected chi connectivity index (χ0v) is 11.3. The lowest BCUT2D eigenvalue weighted by atomic mass is 9.87. The summed E-state index contributed by atoms with van der Waals surface area (Å²) in [7, 11) is 0. The Labute approximate surface area is 99.6 Å². The minimum atomic E-state index is -0.0627. The van der Waals surface area contributed by atoms with Crippen LogP contribution in [0.2, 0.25) is 0 Å². The van der Waals surface area contributed by atoms with E-state index in [9.17, 15) is 4.79 Å². The molecule has 2 atom stereocenters. The molecule has 0 aliphatic carbocycles. The van der Waals surface area contributed by atoms with E-state index >= 15 is 0 Å². The highest BCUT2D eigenvalue weighted by atomic mass is 16.2. The first kappa shape index (κ1) is 13.5. The molecule has 0 radical (unpaired) electrons. The number of hydrogen-bond donors (Lipinski definition) is 1. The maximum absolute atomic E-state index is 12.1. The van der Waals surface area contributed by atoms with Gasteiger partial charge in [-0.15, -0.1) is 0 Å². The number of carbonyl (C=O) groups is 1. The fourth-order valence-electron chi connectivity index (χ4n) is 1.91. The highest BCUT2D eigenvalue weighted by Gasteiger charge is 2.27. The van der Waals surface area contributed by atoms with Crippen LogP contribution in [0.3, 0.4) is 0 Å². The summed E-state index contributed by atoms with van der Waals surface area (Å²) in [5.41, 5.74) is 0.194. The highest BCUT2D eigenvalue weighted by Crippen LogP contribution is 2.19. The molecule has 1 heterocycles. The molecule has 0 aromatic rings. The van der Waals surface area contributed by atoms with Crippen molar-refractivity contribution >= 4 is 5.91 Å². The van der Waals surface area contributed by atoms with Crippen LogP contribution in [0.4, 0.5) is 0 Å². The number of hydrogen-bond acceptors (Lipinski definition) is 2. The molecule has 1 amide bonds. The van der Waals surface area contributed by atoms with E-state index in [2.05, 4.69) is 33.0 Å². The summed E-state index contributed by atoms with van der Waals surface area (Å²) in [6.07, 6.45) is 2.32. The van der Waals surface area contributed by atoms with Gasteiger partial charge in [-0.3, -0.25) is 4.79 Å². The lowest BCUT2D eigenvalue weighted by Gasteiger charge is -2.32. The van der Waals surface area contributed by atoms with Crippen molar-refractivity contribution in [3.63, 3.8) is 0 Å². The second-order valence-corrected chi connectivity index (χ2v) is 6.01. The van der Waals surface area contributed by atoms with Crippen molar-refractivity contribution in [2.45, 2.75) is 59.5 Å². The third kappa shape index (κ3) is 3.48. The molecule has 0 bridgehead atoms. The predicted molar refractivity (Wildman–Crippen MR) is 67.3 cm³/mol. The van der Waals surface area contributed by atoms with Crippen LogP contribution in [0.5, 0.6) is 0 Å². The van der Waals surface area contributed by atoms with Crippen LogP contribution in [0.25, 0.3) is 0 Å². The van der Waals surface area contributed by atoms with Crippen molar-refractivity contribution in [1.29, 1.82) is 0 Å². The summed E-state index contributed by atoms with van der Waals surface area (Å²) in [6, 6.07) is 0.279. The number of amides is 1. The molecule has 1 N–H and O–H groups in total. The number of carbonyl (C=O) groups excluding carboxylic acids is 1. The van der Waals surface area contributed by atoms with Gasteiger partial charge in [0.1, 0.15) is 0 Å². The van der Waals surface area contributed by atoms with E-state index < -0.39 is 0 Å². The van der Waals surface area contributed by atoms with Crippen LogP contribution in [0, 0.1) is 5.41 Å². The first-order valence-electron chi connectivity index (χ1n) is 6.37. The van der Waals surface area contributed by atoms with Crippen molar-refractivity contribution in [1.82, 2.24) is 10.2 Å². The Bertz CT molecular complexity index is 239. The molecule has 94 valence electrons. The van der Waals surface area contributed by atoms with Gasteiger partial charge in [0.2, 0.25) is 5.91 Å². The molecule has 1 aliphatic heterocycles. The second kappa shape index (κ2) is 5.17. The third-order valence-corrected chi connectivity index (χ3v) is 3.59. The van der Waals surface area contributed by atoms with Gasteiger partial charge >= 0.3 is 0 Å². The summed E-state index contributed by atoms with van der Waals surface area (Å²) < 4.78 is 0. The van der Waals surface area contributed by atoms with Crippen LogP contribution >= 0.6 is 0 Å². The van der Waals surface area contributed by atoms with Gasteiger partial charge in [-0.05, 0) is 32.1 Å². The number of nitrogens with zero attached hydrogens (tertiary/aromatic N) is 1. The van der Waals surface area contributed by atoms with Gasteiger partial charge in [-0.2, -0.15) is 0 Å². The second-order valence-electron chi connectivity index (χ2n) is 6.01. The molecular formula is C13H26N2O. The summed E-state index contributed by atoms with van der Waals surface area (Å²) >= 11 is 0. The van der Waals surface area contributed by atoms with Crippen LogP contribution in [-0.4, -0.2) is 36.0 Å². The monoisotopic (exact) mass is 226 g/mol. The Balaban J connectivity index is 2.45. The molecule has 0 saturated carbocycles. The molecule has 2 unspecified atom stereocenters. The van der Waals surface area contributed by atoms with Crippen LogP contribution in [0.1, 0.15) is 47.5 Å². The van der Waals surface area contributed by atoms with Gasteiger partial charge in [0.05, 0.1) is 6.04 Å². The lowest BCUT2D eigenvalue weighted by molar-refractivity contribution is -0.132. The number of rotatable bonds is 3. The Kier molecular flexibility index (Phi) is 4.36. The Morgan fingerprint density at radius 2 is 1.69 bits per heavy atom. The van der Waals surface area contributed by atoms with E-state index in [1.165, 1.54) is 0 Å². The molecule has 0 aromatic carbocycles. The lowest BCUT2D eigenvalue weighted by Crippen LogP contribution is -2.50. The Morgan fingerprint density at radius 3 is 2.12 bits per heavy atom. The van der Waals surface area contributed by atoms with E-state index in [-0.39, 0.29) is 17.4 Å². The molecule has 0 spiro atoms. The molecule has 0 aromatic heterocycles. The number of likely N-dealkylation sites (tertiary alicyclic amines) is 1. The van der Waals surface area contributed by atoms with Gasteiger partial charge in [0.15, 0.2) is 0 Å². The molecule has 3 heteroatoms. The predicted octanol–water partition coefficient (Wildman–Crippen LogP) is 2.02. The van der Waals surface area contributed by atoms with Crippen LogP contribution in [0.15, 0.2) is 0 Å². The van der Waals surface area contributed by atoms with Gasteiger partial charge in [0, 0.05) is 19.1 Å².